The van der Waals surface area contributed by atoms with Gasteiger partial charge in [-0.3, -0.25) is 4.79 Å². The molecule has 1 unspecified atom stereocenters. The number of anilines is 2. The van der Waals surface area contributed by atoms with Crippen molar-refractivity contribution >= 4 is 23.3 Å². The monoisotopic (exact) mass is 353 g/mol. The summed E-state index contributed by atoms with van der Waals surface area (Å²) in [6.45, 7) is 8.07. The first-order valence-electron chi connectivity index (χ1n) is 8.75. The first-order chi connectivity index (χ1) is 12.2. The molecule has 0 aliphatic carbocycles. The molecule has 2 rings (SSSR count). The number of carbonyl (C=O) groups excluding carboxylic acids is 2. The second-order valence-corrected chi connectivity index (χ2v) is 7.59. The summed E-state index contributed by atoms with van der Waals surface area (Å²) in [4.78, 5) is 24.1. The molecule has 5 nitrogen and oxygen atoms in total. The number of carbonyl (C=O) groups is 2. The van der Waals surface area contributed by atoms with Crippen LogP contribution in [0.15, 0.2) is 54.6 Å². The SMILES string of the molecule is CC(NC(=O)CC(C)(C)C)c1ccc(NC(=O)Nc2ccccc2)cc1. The zero-order valence-electron chi connectivity index (χ0n) is 15.8. The lowest BCUT2D eigenvalue weighted by Crippen LogP contribution is -2.29. The highest BCUT2D eigenvalue weighted by Crippen LogP contribution is 2.20. The molecule has 1 atom stereocenters. The van der Waals surface area contributed by atoms with Crippen LogP contribution in [0.4, 0.5) is 16.2 Å². The number of rotatable bonds is 5. The first-order valence-corrected chi connectivity index (χ1v) is 8.75. The van der Waals surface area contributed by atoms with Crippen LogP contribution in [0.2, 0.25) is 0 Å². The molecule has 0 aromatic heterocycles. The van der Waals surface area contributed by atoms with Gasteiger partial charge in [-0.05, 0) is 42.2 Å². The van der Waals surface area contributed by atoms with Gasteiger partial charge in [0.2, 0.25) is 5.91 Å². The topological polar surface area (TPSA) is 70.2 Å². The number of urea groups is 1. The molecular formula is C21H27N3O2. The second kappa shape index (κ2) is 8.52. The number of hydrogen-bond acceptors (Lipinski definition) is 2. The maximum absolute atomic E-state index is 12.1. The van der Waals surface area contributed by atoms with E-state index >= 15 is 0 Å². The molecule has 0 saturated carbocycles. The van der Waals surface area contributed by atoms with Crippen molar-refractivity contribution in [3.63, 3.8) is 0 Å². The molecule has 2 aromatic carbocycles. The van der Waals surface area contributed by atoms with Gasteiger partial charge >= 0.3 is 6.03 Å². The molecule has 0 heterocycles. The van der Waals surface area contributed by atoms with E-state index in [0.29, 0.717) is 12.1 Å². The van der Waals surface area contributed by atoms with Gasteiger partial charge in [-0.1, -0.05) is 51.1 Å². The van der Waals surface area contributed by atoms with Crippen molar-refractivity contribution < 1.29 is 9.59 Å². The smallest absolute Gasteiger partial charge is 0.323 e. The number of hydrogen-bond donors (Lipinski definition) is 3. The Morgan fingerprint density at radius 3 is 1.96 bits per heavy atom. The number of para-hydroxylation sites is 1. The predicted molar refractivity (Wildman–Crippen MR) is 106 cm³/mol. The summed E-state index contributed by atoms with van der Waals surface area (Å²) in [6, 6.07) is 16.3. The molecule has 138 valence electrons. The van der Waals surface area contributed by atoms with Crippen molar-refractivity contribution in [2.45, 2.75) is 40.2 Å². The summed E-state index contributed by atoms with van der Waals surface area (Å²) >= 11 is 0. The Kier molecular flexibility index (Phi) is 6.39. The predicted octanol–water partition coefficient (Wildman–Crippen LogP) is 4.94. The zero-order chi connectivity index (χ0) is 19.2. The third-order valence-corrected chi connectivity index (χ3v) is 3.77. The van der Waals surface area contributed by atoms with Gasteiger partial charge < -0.3 is 16.0 Å². The van der Waals surface area contributed by atoms with E-state index in [1.165, 1.54) is 0 Å². The highest BCUT2D eigenvalue weighted by atomic mass is 16.2. The van der Waals surface area contributed by atoms with E-state index in [0.717, 1.165) is 11.3 Å². The molecule has 0 aliphatic heterocycles. The summed E-state index contributed by atoms with van der Waals surface area (Å²) in [5.41, 5.74) is 2.37. The molecule has 3 N–H and O–H groups in total. The van der Waals surface area contributed by atoms with Crippen LogP contribution in [-0.4, -0.2) is 11.9 Å². The van der Waals surface area contributed by atoms with Gasteiger partial charge in [-0.2, -0.15) is 0 Å². The lowest BCUT2D eigenvalue weighted by Gasteiger charge is -2.20. The van der Waals surface area contributed by atoms with Crippen LogP contribution in [0.1, 0.15) is 45.7 Å². The number of amides is 3. The molecule has 0 radical (unpaired) electrons. The fraction of sp³-hybridized carbons (Fsp3) is 0.333. The molecule has 0 fully saturated rings. The highest BCUT2D eigenvalue weighted by molar-refractivity contribution is 5.99. The third-order valence-electron chi connectivity index (χ3n) is 3.77. The number of nitrogens with one attached hydrogen (secondary N) is 3. The van der Waals surface area contributed by atoms with Gasteiger partial charge in [0.05, 0.1) is 6.04 Å². The van der Waals surface area contributed by atoms with Gasteiger partial charge in [0.15, 0.2) is 0 Å². The minimum Gasteiger partial charge on any atom is -0.350 e. The van der Waals surface area contributed by atoms with Crippen molar-refractivity contribution in [1.82, 2.24) is 5.32 Å². The maximum atomic E-state index is 12.1. The van der Waals surface area contributed by atoms with Crippen molar-refractivity contribution in [3.05, 3.63) is 60.2 Å². The average molecular weight is 353 g/mol. The van der Waals surface area contributed by atoms with Crippen LogP contribution in [-0.2, 0) is 4.79 Å². The summed E-state index contributed by atoms with van der Waals surface area (Å²) < 4.78 is 0. The molecule has 26 heavy (non-hydrogen) atoms. The largest absolute Gasteiger partial charge is 0.350 e. The minimum absolute atomic E-state index is 0.0365. The summed E-state index contributed by atoms with van der Waals surface area (Å²) in [7, 11) is 0. The Morgan fingerprint density at radius 1 is 0.885 bits per heavy atom. The second-order valence-electron chi connectivity index (χ2n) is 7.59. The van der Waals surface area contributed by atoms with Crippen LogP contribution in [0, 0.1) is 5.41 Å². The third kappa shape index (κ3) is 6.59. The fourth-order valence-corrected chi connectivity index (χ4v) is 2.53. The molecule has 0 bridgehead atoms. The van der Waals surface area contributed by atoms with E-state index < -0.39 is 0 Å². The molecule has 0 saturated heterocycles. The van der Waals surface area contributed by atoms with Crippen LogP contribution < -0.4 is 16.0 Å². The van der Waals surface area contributed by atoms with Crippen LogP contribution >= 0.6 is 0 Å². The van der Waals surface area contributed by atoms with Gasteiger partial charge in [0.1, 0.15) is 0 Å². The maximum Gasteiger partial charge on any atom is 0.323 e. The zero-order valence-corrected chi connectivity index (χ0v) is 15.8. The molecule has 5 heteroatoms. The fourth-order valence-electron chi connectivity index (χ4n) is 2.53. The van der Waals surface area contributed by atoms with E-state index in [1.54, 1.807) is 0 Å². The molecule has 3 amide bonds. The summed E-state index contributed by atoms with van der Waals surface area (Å²) in [5, 5.41) is 8.57. The molecule has 2 aromatic rings. The first kappa shape index (κ1) is 19.5. The van der Waals surface area contributed by atoms with Gasteiger partial charge in [0, 0.05) is 17.8 Å². The Balaban J connectivity index is 1.89. The lowest BCUT2D eigenvalue weighted by molar-refractivity contribution is -0.123. The van der Waals surface area contributed by atoms with Crippen LogP contribution in [0.25, 0.3) is 0 Å². The normalized spacial score (nSPS) is 12.2. The van der Waals surface area contributed by atoms with E-state index in [-0.39, 0.29) is 23.4 Å². The quantitative estimate of drug-likeness (QED) is 0.712. The van der Waals surface area contributed by atoms with Crippen molar-refractivity contribution in [3.8, 4) is 0 Å². The average Bonchev–Trinajstić information content (AvgIpc) is 2.54. The van der Waals surface area contributed by atoms with E-state index in [9.17, 15) is 9.59 Å². The Bertz CT molecular complexity index is 734. The van der Waals surface area contributed by atoms with Crippen LogP contribution in [0.3, 0.4) is 0 Å². The molecule has 0 spiro atoms. The van der Waals surface area contributed by atoms with Crippen molar-refractivity contribution in [2.24, 2.45) is 5.41 Å². The standard InChI is InChI=1S/C21H27N3O2/c1-15(22-19(25)14-21(2,3)4)16-10-12-18(13-11-16)24-20(26)23-17-8-6-5-7-9-17/h5-13,15H,14H2,1-4H3,(H,22,25)(H2,23,24,26). The highest BCUT2D eigenvalue weighted by Gasteiger charge is 2.17. The van der Waals surface area contributed by atoms with E-state index in [2.05, 4.69) is 16.0 Å². The van der Waals surface area contributed by atoms with Crippen molar-refractivity contribution in [2.75, 3.05) is 10.6 Å². The molecular weight excluding hydrogens is 326 g/mol. The van der Waals surface area contributed by atoms with Gasteiger partial charge in [-0.25, -0.2) is 4.79 Å². The lowest BCUT2D eigenvalue weighted by atomic mass is 9.91. The Labute approximate surface area is 155 Å². The minimum atomic E-state index is -0.296. The van der Waals surface area contributed by atoms with Gasteiger partial charge in [-0.15, -0.1) is 0 Å². The van der Waals surface area contributed by atoms with E-state index in [4.69, 9.17) is 0 Å². The van der Waals surface area contributed by atoms with Gasteiger partial charge in [0.25, 0.3) is 0 Å². The van der Waals surface area contributed by atoms with Crippen LogP contribution in [0.5, 0.6) is 0 Å². The van der Waals surface area contributed by atoms with E-state index in [1.807, 2.05) is 82.3 Å². The Hall–Kier alpha value is -2.82. The Morgan fingerprint density at radius 2 is 1.42 bits per heavy atom. The number of benzene rings is 2. The molecule has 0 aliphatic rings. The summed E-state index contributed by atoms with van der Waals surface area (Å²) in [6.07, 6.45) is 0.483. The summed E-state index contributed by atoms with van der Waals surface area (Å²) in [5.74, 6) is 0.0365. The van der Waals surface area contributed by atoms with Crippen molar-refractivity contribution in [1.29, 1.82) is 0 Å².